The number of hydrogen-bond acceptors (Lipinski definition) is 3. The lowest BCUT2D eigenvalue weighted by molar-refractivity contribution is -0.113. The van der Waals surface area contributed by atoms with Crippen molar-refractivity contribution in [3.8, 4) is 0 Å². The highest BCUT2D eigenvalue weighted by Gasteiger charge is 2.21. The zero-order valence-electron chi connectivity index (χ0n) is 14.4. The van der Waals surface area contributed by atoms with Gasteiger partial charge in [-0.3, -0.25) is 4.79 Å². The zero-order valence-corrected chi connectivity index (χ0v) is 18.4. The van der Waals surface area contributed by atoms with E-state index in [-0.39, 0.29) is 4.90 Å². The second kappa shape index (κ2) is 7.92. The first-order valence-electron chi connectivity index (χ1n) is 7.83. The molecule has 0 aliphatic carbocycles. The molecule has 0 N–H and O–H groups in total. The summed E-state index contributed by atoms with van der Waals surface area (Å²) in [6.07, 6.45) is 3.94. The standard InChI is InChI=1S/C18H12Br2N4O3S/c1-11-2-5-13(6-3-11)28(26,27)24-10-12(4-7-18(25)22-23-21)14-8-15(19)16(20)9-17(14)24/h2-10H,1H3/b7-4-. The van der Waals surface area contributed by atoms with Crippen molar-refractivity contribution in [2.24, 2.45) is 5.11 Å². The highest BCUT2D eigenvalue weighted by Crippen LogP contribution is 2.34. The summed E-state index contributed by atoms with van der Waals surface area (Å²) in [6.45, 7) is 1.87. The van der Waals surface area contributed by atoms with Gasteiger partial charge in [0.1, 0.15) is 0 Å². The van der Waals surface area contributed by atoms with Crippen molar-refractivity contribution < 1.29 is 13.2 Å². The minimum absolute atomic E-state index is 0.148. The van der Waals surface area contributed by atoms with Crippen LogP contribution in [0, 0.1) is 6.92 Å². The average Bonchev–Trinajstić information content (AvgIpc) is 2.99. The maximum atomic E-state index is 13.2. The number of carbonyl (C=O) groups excluding carboxylic acids is 1. The highest BCUT2D eigenvalue weighted by atomic mass is 79.9. The summed E-state index contributed by atoms with van der Waals surface area (Å²) in [6, 6.07) is 9.97. The third kappa shape index (κ3) is 3.90. The predicted molar refractivity (Wildman–Crippen MR) is 114 cm³/mol. The Labute approximate surface area is 177 Å². The summed E-state index contributed by atoms with van der Waals surface area (Å²) in [5, 5.41) is 3.58. The first kappa shape index (κ1) is 20.3. The molecule has 0 atom stereocenters. The van der Waals surface area contributed by atoms with Gasteiger partial charge in [0.25, 0.3) is 10.0 Å². The van der Waals surface area contributed by atoms with Crippen molar-refractivity contribution in [3.05, 3.63) is 79.2 Å². The number of rotatable bonds is 4. The maximum absolute atomic E-state index is 13.2. The molecule has 1 amide bonds. The van der Waals surface area contributed by atoms with Crippen molar-refractivity contribution in [1.82, 2.24) is 3.97 Å². The van der Waals surface area contributed by atoms with Crippen LogP contribution in [-0.2, 0) is 14.8 Å². The molecular weight excluding hydrogens is 512 g/mol. The lowest BCUT2D eigenvalue weighted by Gasteiger charge is -2.08. The number of fused-ring (bicyclic) bond motifs is 1. The molecule has 3 rings (SSSR count). The lowest BCUT2D eigenvalue weighted by atomic mass is 10.1. The summed E-state index contributed by atoms with van der Waals surface area (Å²) in [7, 11) is -3.86. The highest BCUT2D eigenvalue weighted by molar-refractivity contribution is 9.13. The van der Waals surface area contributed by atoms with Gasteiger partial charge in [-0.05, 0) is 85.8 Å². The van der Waals surface area contributed by atoms with Crippen LogP contribution >= 0.6 is 31.9 Å². The molecule has 0 aliphatic heterocycles. The van der Waals surface area contributed by atoms with Crippen LogP contribution < -0.4 is 0 Å². The molecular formula is C18H12Br2N4O3S. The van der Waals surface area contributed by atoms with Crippen LogP contribution in [0.5, 0.6) is 0 Å². The lowest BCUT2D eigenvalue weighted by Crippen LogP contribution is -2.11. The summed E-state index contributed by atoms with van der Waals surface area (Å²) >= 11 is 6.80. The van der Waals surface area contributed by atoms with Gasteiger partial charge in [-0.2, -0.15) is 0 Å². The van der Waals surface area contributed by atoms with Crippen molar-refractivity contribution >= 4 is 64.8 Å². The molecule has 142 valence electrons. The van der Waals surface area contributed by atoms with Crippen molar-refractivity contribution in [2.75, 3.05) is 0 Å². The van der Waals surface area contributed by atoms with E-state index in [1.54, 1.807) is 36.4 Å². The number of aryl methyl sites for hydroxylation is 1. The van der Waals surface area contributed by atoms with Crippen LogP contribution in [0.4, 0.5) is 0 Å². The summed E-state index contributed by atoms with van der Waals surface area (Å²) in [4.78, 5) is 14.1. The van der Waals surface area contributed by atoms with Crippen LogP contribution in [0.2, 0.25) is 0 Å². The molecule has 28 heavy (non-hydrogen) atoms. The molecule has 2 aromatic carbocycles. The van der Waals surface area contributed by atoms with Gasteiger partial charge in [-0.25, -0.2) is 12.4 Å². The Kier molecular flexibility index (Phi) is 5.76. The topological polar surface area (TPSA) is 105 Å². The van der Waals surface area contributed by atoms with E-state index >= 15 is 0 Å². The quantitative estimate of drug-likeness (QED) is 0.193. The van der Waals surface area contributed by atoms with Crippen LogP contribution in [0.15, 0.2) is 67.6 Å². The fraction of sp³-hybridized carbons (Fsp3) is 0.0556. The third-order valence-electron chi connectivity index (χ3n) is 3.97. The molecule has 0 bridgehead atoms. The van der Waals surface area contributed by atoms with Gasteiger partial charge in [0.15, 0.2) is 0 Å². The number of benzene rings is 2. The van der Waals surface area contributed by atoms with Gasteiger partial charge in [0.2, 0.25) is 5.91 Å². The summed E-state index contributed by atoms with van der Waals surface area (Å²) in [5.74, 6) is -0.777. The van der Waals surface area contributed by atoms with Crippen molar-refractivity contribution in [1.29, 1.82) is 0 Å². The van der Waals surface area contributed by atoms with Gasteiger partial charge in [0, 0.05) is 31.0 Å². The number of hydrogen-bond donors (Lipinski definition) is 0. The van der Waals surface area contributed by atoms with E-state index in [0.717, 1.165) is 16.1 Å². The van der Waals surface area contributed by atoms with E-state index in [1.807, 2.05) is 6.92 Å². The number of carbonyl (C=O) groups is 1. The Morgan fingerprint density at radius 2 is 1.82 bits per heavy atom. The molecule has 0 unspecified atom stereocenters. The second-order valence-corrected chi connectivity index (χ2v) is 9.37. The molecule has 1 heterocycles. The summed E-state index contributed by atoms with van der Waals surface area (Å²) in [5.41, 5.74) is 10.2. The molecule has 10 heteroatoms. The summed E-state index contributed by atoms with van der Waals surface area (Å²) < 4.78 is 28.9. The van der Waals surface area contributed by atoms with Crippen LogP contribution in [0.25, 0.3) is 27.4 Å². The smallest absolute Gasteiger partial charge is 0.268 e. The Morgan fingerprint density at radius 1 is 1.18 bits per heavy atom. The van der Waals surface area contributed by atoms with Crippen LogP contribution in [0.1, 0.15) is 11.1 Å². The molecule has 0 fully saturated rings. The van der Waals surface area contributed by atoms with E-state index in [0.29, 0.717) is 20.9 Å². The number of azide groups is 1. The number of amides is 1. The number of aromatic nitrogens is 1. The molecule has 0 spiro atoms. The van der Waals surface area contributed by atoms with Gasteiger partial charge in [-0.15, -0.1) is 0 Å². The van der Waals surface area contributed by atoms with Gasteiger partial charge >= 0.3 is 0 Å². The van der Waals surface area contributed by atoms with E-state index in [2.05, 4.69) is 41.9 Å². The van der Waals surface area contributed by atoms with Crippen LogP contribution in [0.3, 0.4) is 0 Å². The maximum Gasteiger partial charge on any atom is 0.268 e. The largest absolute Gasteiger partial charge is 0.288 e. The third-order valence-corrected chi connectivity index (χ3v) is 7.50. The minimum atomic E-state index is -3.86. The predicted octanol–water partition coefficient (Wildman–Crippen LogP) is 5.56. The normalized spacial score (nSPS) is 11.7. The number of halogens is 2. The molecule has 0 saturated heterocycles. The molecule has 0 aliphatic rings. The van der Waals surface area contributed by atoms with Crippen LogP contribution in [-0.4, -0.2) is 18.3 Å². The first-order valence-corrected chi connectivity index (χ1v) is 10.9. The van der Waals surface area contributed by atoms with Crippen molar-refractivity contribution in [3.63, 3.8) is 0 Å². The number of nitrogens with zero attached hydrogens (tertiary/aromatic N) is 4. The molecule has 0 radical (unpaired) electrons. The minimum Gasteiger partial charge on any atom is -0.288 e. The Morgan fingerprint density at radius 3 is 2.46 bits per heavy atom. The van der Waals surface area contributed by atoms with E-state index in [4.69, 9.17) is 5.53 Å². The van der Waals surface area contributed by atoms with Gasteiger partial charge < -0.3 is 0 Å². The Hall–Kier alpha value is -2.39. The SMILES string of the molecule is Cc1ccc(S(=O)(=O)n2cc(/C=C\C(=O)N=[N+]=[N-])c3cc(Br)c(Br)cc32)cc1. The van der Waals surface area contributed by atoms with E-state index in [1.165, 1.54) is 16.2 Å². The molecule has 3 aromatic rings. The Balaban J connectivity index is 2.25. The van der Waals surface area contributed by atoms with Crippen molar-refractivity contribution in [2.45, 2.75) is 11.8 Å². The second-order valence-electron chi connectivity index (χ2n) is 5.84. The molecule has 0 saturated carbocycles. The first-order chi connectivity index (χ1) is 13.2. The average molecular weight is 524 g/mol. The van der Waals surface area contributed by atoms with E-state index in [9.17, 15) is 13.2 Å². The molecule has 1 aromatic heterocycles. The fourth-order valence-electron chi connectivity index (χ4n) is 2.61. The van der Waals surface area contributed by atoms with Gasteiger partial charge in [0.05, 0.1) is 10.4 Å². The Bertz CT molecular complexity index is 1270. The fourth-order valence-corrected chi connectivity index (χ4v) is 4.65. The van der Waals surface area contributed by atoms with E-state index < -0.39 is 15.9 Å². The zero-order chi connectivity index (χ0) is 20.5. The molecule has 7 nitrogen and oxygen atoms in total. The monoisotopic (exact) mass is 522 g/mol. The van der Waals surface area contributed by atoms with Gasteiger partial charge in [-0.1, -0.05) is 17.7 Å².